The van der Waals surface area contributed by atoms with Crippen molar-refractivity contribution in [3.63, 3.8) is 0 Å². The van der Waals surface area contributed by atoms with Gasteiger partial charge in [0.2, 0.25) is 0 Å². The SMILES string of the molecule is COc1ccc(-c2nc(Br)c(CCO)n2C)cc1C. The smallest absolute Gasteiger partial charge is 0.141 e. The van der Waals surface area contributed by atoms with Crippen LogP contribution in [0.5, 0.6) is 5.75 Å². The number of benzene rings is 1. The van der Waals surface area contributed by atoms with Crippen LogP contribution in [0.3, 0.4) is 0 Å². The van der Waals surface area contributed by atoms with Gasteiger partial charge >= 0.3 is 0 Å². The summed E-state index contributed by atoms with van der Waals surface area (Å²) >= 11 is 3.45. The molecule has 2 aromatic rings. The summed E-state index contributed by atoms with van der Waals surface area (Å²) in [6, 6.07) is 5.98. The summed E-state index contributed by atoms with van der Waals surface area (Å²) in [5, 5.41) is 9.08. The van der Waals surface area contributed by atoms with E-state index in [1.807, 2.05) is 30.7 Å². The Morgan fingerprint density at radius 3 is 2.74 bits per heavy atom. The maximum absolute atomic E-state index is 9.08. The van der Waals surface area contributed by atoms with Crippen LogP contribution in [-0.2, 0) is 13.5 Å². The van der Waals surface area contributed by atoms with E-state index in [0.29, 0.717) is 6.42 Å². The van der Waals surface area contributed by atoms with Crippen molar-refractivity contribution in [2.24, 2.45) is 7.05 Å². The van der Waals surface area contributed by atoms with E-state index in [1.54, 1.807) is 7.11 Å². The zero-order valence-electron chi connectivity index (χ0n) is 11.3. The minimum absolute atomic E-state index is 0.110. The number of aliphatic hydroxyl groups excluding tert-OH is 1. The highest BCUT2D eigenvalue weighted by atomic mass is 79.9. The van der Waals surface area contributed by atoms with Gasteiger partial charge in [0.05, 0.1) is 12.8 Å². The van der Waals surface area contributed by atoms with Gasteiger partial charge < -0.3 is 14.4 Å². The topological polar surface area (TPSA) is 47.3 Å². The molecule has 0 bridgehead atoms. The van der Waals surface area contributed by atoms with E-state index >= 15 is 0 Å². The molecule has 0 spiro atoms. The van der Waals surface area contributed by atoms with Crippen LogP contribution in [0.4, 0.5) is 0 Å². The number of aliphatic hydroxyl groups is 1. The van der Waals surface area contributed by atoms with E-state index in [4.69, 9.17) is 9.84 Å². The Balaban J connectivity index is 2.47. The Labute approximate surface area is 121 Å². The van der Waals surface area contributed by atoms with Gasteiger partial charge in [-0.05, 0) is 46.6 Å². The highest BCUT2D eigenvalue weighted by Crippen LogP contribution is 2.28. The molecule has 0 aliphatic carbocycles. The van der Waals surface area contributed by atoms with Crippen molar-refractivity contribution < 1.29 is 9.84 Å². The molecule has 0 aliphatic heterocycles. The molecule has 1 aromatic heterocycles. The van der Waals surface area contributed by atoms with Gasteiger partial charge in [-0.3, -0.25) is 0 Å². The summed E-state index contributed by atoms with van der Waals surface area (Å²) in [5.41, 5.74) is 3.10. The number of hydrogen-bond donors (Lipinski definition) is 1. The zero-order valence-corrected chi connectivity index (χ0v) is 12.9. The molecule has 0 atom stereocenters. The van der Waals surface area contributed by atoms with Crippen LogP contribution in [0.15, 0.2) is 22.8 Å². The van der Waals surface area contributed by atoms with E-state index in [2.05, 4.69) is 27.0 Å². The number of nitrogens with zero attached hydrogens (tertiary/aromatic N) is 2. The van der Waals surface area contributed by atoms with Gasteiger partial charge in [0.25, 0.3) is 0 Å². The second kappa shape index (κ2) is 5.75. The standard InChI is InChI=1S/C14H17BrN2O2/c1-9-8-10(4-5-12(9)19-3)14-16-13(15)11(6-7-18)17(14)2/h4-5,8,18H,6-7H2,1-3H3. The van der Waals surface area contributed by atoms with E-state index in [-0.39, 0.29) is 6.61 Å². The first-order valence-corrected chi connectivity index (χ1v) is 6.84. The van der Waals surface area contributed by atoms with Crippen LogP contribution < -0.4 is 4.74 Å². The Kier molecular flexibility index (Phi) is 4.27. The first-order valence-electron chi connectivity index (χ1n) is 6.05. The van der Waals surface area contributed by atoms with Crippen LogP contribution in [-0.4, -0.2) is 28.4 Å². The Hall–Kier alpha value is -1.33. The van der Waals surface area contributed by atoms with Crippen molar-refractivity contribution in [3.8, 4) is 17.1 Å². The maximum atomic E-state index is 9.08. The number of halogens is 1. The first-order chi connectivity index (χ1) is 9.08. The van der Waals surface area contributed by atoms with Crippen LogP contribution in [0.1, 0.15) is 11.3 Å². The molecular weight excluding hydrogens is 308 g/mol. The van der Waals surface area contributed by atoms with E-state index in [9.17, 15) is 0 Å². The fraction of sp³-hybridized carbons (Fsp3) is 0.357. The predicted molar refractivity (Wildman–Crippen MR) is 78.4 cm³/mol. The Morgan fingerprint density at radius 2 is 2.16 bits per heavy atom. The lowest BCUT2D eigenvalue weighted by molar-refractivity contribution is 0.296. The Bertz CT molecular complexity index is 593. The molecule has 0 unspecified atom stereocenters. The number of aryl methyl sites for hydroxylation is 1. The largest absolute Gasteiger partial charge is 0.496 e. The summed E-state index contributed by atoms with van der Waals surface area (Å²) in [4.78, 5) is 4.52. The van der Waals surface area contributed by atoms with Gasteiger partial charge in [-0.1, -0.05) is 0 Å². The lowest BCUT2D eigenvalue weighted by Gasteiger charge is -2.08. The molecule has 1 aromatic carbocycles. The van der Waals surface area contributed by atoms with Gasteiger partial charge in [0, 0.05) is 25.6 Å². The minimum Gasteiger partial charge on any atom is -0.496 e. The molecule has 0 saturated heterocycles. The third-order valence-electron chi connectivity index (χ3n) is 3.17. The number of imidazole rings is 1. The summed E-state index contributed by atoms with van der Waals surface area (Å²) in [6.45, 7) is 2.12. The van der Waals surface area contributed by atoms with Crippen molar-refractivity contribution in [1.29, 1.82) is 0 Å². The molecule has 0 fully saturated rings. The summed E-state index contributed by atoms with van der Waals surface area (Å²) in [5.74, 6) is 1.74. The van der Waals surface area contributed by atoms with E-state index in [0.717, 1.165) is 33.0 Å². The van der Waals surface area contributed by atoms with Crippen molar-refractivity contribution >= 4 is 15.9 Å². The van der Waals surface area contributed by atoms with Gasteiger partial charge in [-0.15, -0.1) is 0 Å². The molecule has 19 heavy (non-hydrogen) atoms. The monoisotopic (exact) mass is 324 g/mol. The molecule has 0 saturated carbocycles. The van der Waals surface area contributed by atoms with Gasteiger partial charge in [-0.25, -0.2) is 4.98 Å². The second-order valence-corrected chi connectivity index (χ2v) is 5.14. The molecule has 102 valence electrons. The van der Waals surface area contributed by atoms with Crippen LogP contribution >= 0.6 is 15.9 Å². The summed E-state index contributed by atoms with van der Waals surface area (Å²) in [7, 11) is 3.62. The Morgan fingerprint density at radius 1 is 1.42 bits per heavy atom. The molecule has 0 amide bonds. The quantitative estimate of drug-likeness (QED) is 0.940. The molecular formula is C14H17BrN2O2. The first kappa shape index (κ1) is 14.1. The van der Waals surface area contributed by atoms with Crippen LogP contribution in [0.25, 0.3) is 11.4 Å². The summed E-state index contributed by atoms with van der Waals surface area (Å²) < 4.78 is 8.05. The zero-order chi connectivity index (χ0) is 14.0. The van der Waals surface area contributed by atoms with Gasteiger partial charge in [-0.2, -0.15) is 0 Å². The number of aromatic nitrogens is 2. The number of ether oxygens (including phenoxy) is 1. The van der Waals surface area contributed by atoms with Gasteiger partial charge in [0.15, 0.2) is 0 Å². The molecule has 0 aliphatic rings. The van der Waals surface area contributed by atoms with Crippen LogP contribution in [0, 0.1) is 6.92 Å². The lowest BCUT2D eigenvalue weighted by atomic mass is 10.1. The predicted octanol–water partition coefficient (Wildman–Crippen LogP) is 2.70. The molecule has 4 nitrogen and oxygen atoms in total. The molecule has 2 rings (SSSR count). The van der Waals surface area contributed by atoms with Crippen molar-refractivity contribution in [1.82, 2.24) is 9.55 Å². The average Bonchev–Trinajstić information content (AvgIpc) is 2.67. The van der Waals surface area contributed by atoms with Crippen molar-refractivity contribution in [3.05, 3.63) is 34.1 Å². The molecule has 1 heterocycles. The highest BCUT2D eigenvalue weighted by molar-refractivity contribution is 9.10. The fourth-order valence-corrected chi connectivity index (χ4v) is 2.78. The molecule has 1 N–H and O–H groups in total. The fourth-order valence-electron chi connectivity index (χ4n) is 2.15. The van der Waals surface area contributed by atoms with Crippen LogP contribution in [0.2, 0.25) is 0 Å². The number of methoxy groups -OCH3 is 1. The third-order valence-corrected chi connectivity index (χ3v) is 3.80. The minimum atomic E-state index is 0.110. The lowest BCUT2D eigenvalue weighted by Crippen LogP contribution is -2.01. The second-order valence-electron chi connectivity index (χ2n) is 4.39. The van der Waals surface area contributed by atoms with Crippen molar-refractivity contribution in [2.45, 2.75) is 13.3 Å². The maximum Gasteiger partial charge on any atom is 0.141 e. The normalized spacial score (nSPS) is 10.8. The number of hydrogen-bond acceptors (Lipinski definition) is 3. The molecule has 5 heteroatoms. The summed E-state index contributed by atoms with van der Waals surface area (Å²) in [6.07, 6.45) is 0.583. The highest BCUT2D eigenvalue weighted by Gasteiger charge is 2.14. The van der Waals surface area contributed by atoms with Gasteiger partial charge in [0.1, 0.15) is 16.2 Å². The number of rotatable bonds is 4. The average molecular weight is 325 g/mol. The van der Waals surface area contributed by atoms with E-state index < -0.39 is 0 Å². The molecule has 0 radical (unpaired) electrons. The van der Waals surface area contributed by atoms with Crippen molar-refractivity contribution in [2.75, 3.05) is 13.7 Å². The van der Waals surface area contributed by atoms with E-state index in [1.165, 1.54) is 0 Å². The third kappa shape index (κ3) is 2.67.